The van der Waals surface area contributed by atoms with E-state index in [9.17, 15) is 0 Å². The molecular formula is C19H33N. The van der Waals surface area contributed by atoms with Crippen molar-refractivity contribution in [1.29, 1.82) is 0 Å². The van der Waals surface area contributed by atoms with E-state index in [0.717, 1.165) is 6.54 Å². The molecule has 1 N–H and O–H groups in total. The minimum Gasteiger partial charge on any atom is -0.312 e. The molecule has 1 rings (SSSR count). The molecule has 0 saturated heterocycles. The zero-order valence-electron chi connectivity index (χ0n) is 14.6. The summed E-state index contributed by atoms with van der Waals surface area (Å²) in [5, 5.41) is 3.59. The van der Waals surface area contributed by atoms with Gasteiger partial charge in [0.15, 0.2) is 0 Å². The first kappa shape index (κ1) is 17.2. The second-order valence-corrected chi connectivity index (χ2v) is 8.01. The zero-order valence-corrected chi connectivity index (χ0v) is 14.6. The van der Waals surface area contributed by atoms with Gasteiger partial charge in [-0.25, -0.2) is 0 Å². The van der Waals surface area contributed by atoms with Crippen LogP contribution in [0.3, 0.4) is 0 Å². The first-order valence-corrected chi connectivity index (χ1v) is 7.90. The van der Waals surface area contributed by atoms with Gasteiger partial charge in [-0.1, -0.05) is 32.0 Å². The summed E-state index contributed by atoms with van der Waals surface area (Å²) < 4.78 is 0. The Morgan fingerprint density at radius 2 is 1.55 bits per heavy atom. The predicted octanol–water partition coefficient (Wildman–Crippen LogP) is 5.04. The van der Waals surface area contributed by atoms with Gasteiger partial charge in [-0.2, -0.15) is 0 Å². The quantitative estimate of drug-likeness (QED) is 0.767. The molecule has 0 atom stereocenters. The number of benzene rings is 1. The van der Waals surface area contributed by atoms with Gasteiger partial charge in [-0.15, -0.1) is 0 Å². The maximum Gasteiger partial charge on any atom is 0.00965 e. The van der Waals surface area contributed by atoms with Gasteiger partial charge in [0.2, 0.25) is 0 Å². The average Bonchev–Trinajstić information content (AvgIpc) is 2.29. The molecule has 0 aromatic heterocycles. The van der Waals surface area contributed by atoms with Gasteiger partial charge in [0, 0.05) is 5.54 Å². The van der Waals surface area contributed by atoms with E-state index >= 15 is 0 Å². The van der Waals surface area contributed by atoms with Gasteiger partial charge >= 0.3 is 0 Å². The van der Waals surface area contributed by atoms with Crippen molar-refractivity contribution in [3.05, 3.63) is 34.9 Å². The molecule has 0 amide bonds. The second-order valence-electron chi connectivity index (χ2n) is 8.01. The monoisotopic (exact) mass is 275 g/mol. The van der Waals surface area contributed by atoms with Crippen molar-refractivity contribution in [1.82, 2.24) is 5.32 Å². The van der Waals surface area contributed by atoms with Crippen LogP contribution in [-0.2, 0) is 6.42 Å². The largest absolute Gasteiger partial charge is 0.312 e. The lowest BCUT2D eigenvalue weighted by Gasteiger charge is -2.28. The molecule has 1 heteroatoms. The highest BCUT2D eigenvalue weighted by molar-refractivity contribution is 5.29. The topological polar surface area (TPSA) is 12.0 Å². The predicted molar refractivity (Wildman–Crippen MR) is 90.4 cm³/mol. The maximum absolute atomic E-state index is 3.59. The molecule has 0 heterocycles. The van der Waals surface area contributed by atoms with E-state index in [1.54, 1.807) is 0 Å². The van der Waals surface area contributed by atoms with Crippen molar-refractivity contribution < 1.29 is 0 Å². The lowest BCUT2D eigenvalue weighted by atomic mass is 9.82. The van der Waals surface area contributed by atoms with Crippen LogP contribution < -0.4 is 5.32 Å². The Kier molecular flexibility index (Phi) is 5.82. The summed E-state index contributed by atoms with van der Waals surface area (Å²) in [6.45, 7) is 17.0. The molecule has 114 valence electrons. The van der Waals surface area contributed by atoms with E-state index in [-0.39, 0.29) is 5.54 Å². The van der Waals surface area contributed by atoms with Gasteiger partial charge in [-0.3, -0.25) is 0 Å². The fourth-order valence-corrected chi connectivity index (χ4v) is 2.34. The van der Waals surface area contributed by atoms with Crippen molar-refractivity contribution in [3.8, 4) is 0 Å². The Morgan fingerprint density at radius 3 is 2.10 bits per heavy atom. The van der Waals surface area contributed by atoms with Gasteiger partial charge in [0.1, 0.15) is 0 Å². The first-order chi connectivity index (χ1) is 9.09. The lowest BCUT2D eigenvalue weighted by Crippen LogP contribution is -2.38. The Bertz CT molecular complexity index is 424. The van der Waals surface area contributed by atoms with Crippen molar-refractivity contribution in [3.63, 3.8) is 0 Å². The summed E-state index contributed by atoms with van der Waals surface area (Å²) in [4.78, 5) is 0. The van der Waals surface area contributed by atoms with Crippen LogP contribution in [0.2, 0.25) is 0 Å². The minimum atomic E-state index is 0.226. The molecule has 0 unspecified atom stereocenters. The number of hydrogen-bond donors (Lipinski definition) is 1. The van der Waals surface area contributed by atoms with Crippen LogP contribution >= 0.6 is 0 Å². The van der Waals surface area contributed by atoms with Crippen molar-refractivity contribution >= 4 is 0 Å². The third-order valence-corrected chi connectivity index (χ3v) is 4.12. The van der Waals surface area contributed by atoms with Crippen molar-refractivity contribution in [2.75, 3.05) is 6.54 Å². The highest BCUT2D eigenvalue weighted by Gasteiger charge is 2.19. The van der Waals surface area contributed by atoms with E-state index in [0.29, 0.717) is 5.41 Å². The third kappa shape index (κ3) is 6.56. The van der Waals surface area contributed by atoms with Crippen LogP contribution in [0.25, 0.3) is 0 Å². The number of hydrogen-bond acceptors (Lipinski definition) is 1. The van der Waals surface area contributed by atoms with E-state index in [1.165, 1.54) is 36.0 Å². The van der Waals surface area contributed by atoms with Gasteiger partial charge < -0.3 is 5.32 Å². The van der Waals surface area contributed by atoms with E-state index < -0.39 is 0 Å². The molecule has 0 spiro atoms. The van der Waals surface area contributed by atoms with Crippen LogP contribution in [-0.4, -0.2) is 12.1 Å². The fourth-order valence-electron chi connectivity index (χ4n) is 2.34. The van der Waals surface area contributed by atoms with Crippen LogP contribution in [0.15, 0.2) is 18.2 Å². The Morgan fingerprint density at radius 1 is 0.900 bits per heavy atom. The summed E-state index contributed by atoms with van der Waals surface area (Å²) in [7, 11) is 0. The molecule has 1 aromatic rings. The van der Waals surface area contributed by atoms with Crippen LogP contribution in [0.5, 0.6) is 0 Å². The molecule has 1 aromatic carbocycles. The van der Waals surface area contributed by atoms with E-state index in [1.807, 2.05) is 0 Å². The molecule has 0 radical (unpaired) electrons. The maximum atomic E-state index is 3.59. The van der Waals surface area contributed by atoms with E-state index in [4.69, 9.17) is 0 Å². The van der Waals surface area contributed by atoms with Crippen LogP contribution in [0, 0.1) is 19.3 Å². The van der Waals surface area contributed by atoms with Crippen molar-refractivity contribution in [2.45, 2.75) is 73.3 Å². The lowest BCUT2D eigenvalue weighted by molar-refractivity contribution is 0.284. The highest BCUT2D eigenvalue weighted by Crippen LogP contribution is 2.27. The summed E-state index contributed by atoms with van der Waals surface area (Å²) in [6.07, 6.45) is 3.67. The third-order valence-electron chi connectivity index (χ3n) is 4.12. The minimum absolute atomic E-state index is 0.226. The first-order valence-electron chi connectivity index (χ1n) is 7.90. The highest BCUT2D eigenvalue weighted by atomic mass is 14.9. The molecular weight excluding hydrogens is 242 g/mol. The average molecular weight is 275 g/mol. The summed E-state index contributed by atoms with van der Waals surface area (Å²) in [5.41, 5.74) is 4.91. The number of nitrogens with one attached hydrogen (secondary N) is 1. The molecule has 0 fully saturated rings. The Hall–Kier alpha value is -0.820. The van der Waals surface area contributed by atoms with Gasteiger partial charge in [-0.05, 0) is 82.5 Å². The van der Waals surface area contributed by atoms with Gasteiger partial charge in [0.25, 0.3) is 0 Å². The van der Waals surface area contributed by atoms with Crippen LogP contribution in [0.1, 0.15) is 64.2 Å². The molecule has 0 aliphatic heterocycles. The normalized spacial score (nSPS) is 12.8. The molecule has 0 saturated carbocycles. The smallest absolute Gasteiger partial charge is 0.00965 e. The molecule has 0 bridgehead atoms. The number of rotatable bonds is 6. The molecule has 20 heavy (non-hydrogen) atoms. The number of aryl methyl sites for hydroxylation is 3. The zero-order chi connectivity index (χ0) is 15.4. The SMILES string of the molecule is Cc1ccc(CCC(C)(C)CCNC(C)(C)C)cc1C. The molecule has 0 aliphatic carbocycles. The molecule has 1 nitrogen and oxygen atoms in total. The van der Waals surface area contributed by atoms with Crippen molar-refractivity contribution in [2.24, 2.45) is 5.41 Å². The Labute approximate surface area is 126 Å². The Balaban J connectivity index is 2.44. The summed E-state index contributed by atoms with van der Waals surface area (Å²) in [5.74, 6) is 0. The summed E-state index contributed by atoms with van der Waals surface area (Å²) in [6, 6.07) is 6.88. The second kappa shape index (κ2) is 6.76. The molecule has 0 aliphatic rings. The van der Waals surface area contributed by atoms with E-state index in [2.05, 4.69) is 72.0 Å². The van der Waals surface area contributed by atoms with Crippen LogP contribution in [0.4, 0.5) is 0 Å². The standard InChI is InChI=1S/C19H33N/c1-15-8-9-17(14-16(15)2)10-11-19(6,7)12-13-20-18(3,4)5/h8-9,14,20H,10-13H2,1-7H3. The fraction of sp³-hybridized carbons (Fsp3) is 0.684. The summed E-state index contributed by atoms with van der Waals surface area (Å²) >= 11 is 0. The van der Waals surface area contributed by atoms with Gasteiger partial charge in [0.05, 0.1) is 0 Å².